The molecular formula is C15H29N3. The van der Waals surface area contributed by atoms with Crippen LogP contribution in [0.3, 0.4) is 0 Å². The van der Waals surface area contributed by atoms with Gasteiger partial charge in [-0.25, -0.2) is 0 Å². The van der Waals surface area contributed by atoms with Crippen molar-refractivity contribution in [3.05, 3.63) is 0 Å². The zero-order valence-electron chi connectivity index (χ0n) is 12.3. The summed E-state index contributed by atoms with van der Waals surface area (Å²) >= 11 is 0. The van der Waals surface area contributed by atoms with Crippen LogP contribution in [0.15, 0.2) is 0 Å². The minimum absolute atomic E-state index is 0.267. The lowest BCUT2D eigenvalue weighted by atomic mass is 9.79. The van der Waals surface area contributed by atoms with Gasteiger partial charge in [-0.05, 0) is 52.2 Å². The Balaban J connectivity index is 2.49. The van der Waals surface area contributed by atoms with Gasteiger partial charge in [-0.1, -0.05) is 26.7 Å². The molecular weight excluding hydrogens is 222 g/mol. The molecule has 1 saturated carbocycles. The molecule has 0 spiro atoms. The second-order valence-corrected chi connectivity index (χ2v) is 5.66. The normalized spacial score (nSPS) is 28.3. The number of rotatable bonds is 7. The molecule has 3 nitrogen and oxygen atoms in total. The van der Waals surface area contributed by atoms with Crippen molar-refractivity contribution in [2.24, 2.45) is 0 Å². The summed E-state index contributed by atoms with van der Waals surface area (Å²) in [4.78, 5) is 2.47. The summed E-state index contributed by atoms with van der Waals surface area (Å²) in [5, 5.41) is 12.9. The van der Waals surface area contributed by atoms with E-state index in [1.54, 1.807) is 0 Å². The van der Waals surface area contributed by atoms with Gasteiger partial charge in [0.15, 0.2) is 0 Å². The zero-order valence-corrected chi connectivity index (χ0v) is 12.3. The van der Waals surface area contributed by atoms with Crippen LogP contribution in [0.5, 0.6) is 0 Å². The maximum absolute atomic E-state index is 9.46. The lowest BCUT2D eigenvalue weighted by molar-refractivity contribution is 0.143. The molecule has 0 aliphatic heterocycles. The third-order valence-corrected chi connectivity index (χ3v) is 4.19. The molecule has 1 N–H and O–H groups in total. The molecule has 0 aromatic rings. The van der Waals surface area contributed by atoms with Crippen molar-refractivity contribution >= 4 is 0 Å². The monoisotopic (exact) mass is 251 g/mol. The van der Waals surface area contributed by atoms with Crippen LogP contribution in [0, 0.1) is 11.3 Å². The van der Waals surface area contributed by atoms with Gasteiger partial charge in [0.2, 0.25) is 0 Å². The van der Waals surface area contributed by atoms with Crippen LogP contribution in [0.4, 0.5) is 0 Å². The molecule has 18 heavy (non-hydrogen) atoms. The maximum Gasteiger partial charge on any atom is 0.108 e. The highest BCUT2D eigenvalue weighted by molar-refractivity contribution is 5.10. The average Bonchev–Trinajstić information content (AvgIpc) is 2.39. The largest absolute Gasteiger partial charge is 0.303 e. The molecule has 104 valence electrons. The summed E-state index contributed by atoms with van der Waals surface area (Å²) < 4.78 is 0. The van der Waals surface area contributed by atoms with E-state index >= 15 is 0 Å². The first-order valence-electron chi connectivity index (χ1n) is 7.54. The van der Waals surface area contributed by atoms with Gasteiger partial charge in [0, 0.05) is 6.04 Å². The molecule has 1 aliphatic rings. The van der Waals surface area contributed by atoms with Crippen molar-refractivity contribution in [3.63, 3.8) is 0 Å². The average molecular weight is 251 g/mol. The molecule has 1 rings (SSSR count). The number of hydrogen-bond acceptors (Lipinski definition) is 3. The van der Waals surface area contributed by atoms with E-state index in [0.717, 1.165) is 19.4 Å². The number of nitriles is 1. The molecule has 0 bridgehead atoms. The van der Waals surface area contributed by atoms with E-state index in [0.29, 0.717) is 6.04 Å². The molecule has 3 heteroatoms. The van der Waals surface area contributed by atoms with Gasteiger partial charge in [-0.15, -0.1) is 0 Å². The minimum Gasteiger partial charge on any atom is -0.303 e. The highest BCUT2D eigenvalue weighted by Gasteiger charge is 2.36. The van der Waals surface area contributed by atoms with Gasteiger partial charge >= 0.3 is 0 Å². The summed E-state index contributed by atoms with van der Waals surface area (Å²) in [6.07, 6.45) is 8.29. The van der Waals surface area contributed by atoms with Gasteiger partial charge in [0.25, 0.3) is 0 Å². The fourth-order valence-electron chi connectivity index (χ4n) is 3.06. The van der Waals surface area contributed by atoms with Gasteiger partial charge in [-0.2, -0.15) is 5.26 Å². The first kappa shape index (κ1) is 15.5. The number of unbranched alkanes of at least 4 members (excludes halogenated alkanes) is 2. The Morgan fingerprint density at radius 3 is 2.78 bits per heavy atom. The van der Waals surface area contributed by atoms with Gasteiger partial charge in [-0.3, -0.25) is 5.32 Å². The van der Waals surface area contributed by atoms with Crippen LogP contribution in [0.25, 0.3) is 0 Å². The van der Waals surface area contributed by atoms with E-state index < -0.39 is 0 Å². The Labute approximate surface area is 113 Å². The molecule has 1 fully saturated rings. The number of nitrogens with one attached hydrogen (secondary N) is 1. The standard InChI is InChI=1S/C15H29N3/c1-4-6-7-11-18(3)14-9-8-10-15(12-14,13-16)17-5-2/h14,17H,4-12H2,1-3H3. The van der Waals surface area contributed by atoms with E-state index in [2.05, 4.69) is 37.2 Å². The topological polar surface area (TPSA) is 39.1 Å². The molecule has 2 unspecified atom stereocenters. The van der Waals surface area contributed by atoms with E-state index in [9.17, 15) is 5.26 Å². The van der Waals surface area contributed by atoms with Gasteiger partial charge < -0.3 is 4.90 Å². The predicted octanol–water partition coefficient (Wildman–Crippen LogP) is 2.92. The van der Waals surface area contributed by atoms with E-state index in [-0.39, 0.29) is 5.54 Å². The van der Waals surface area contributed by atoms with Crippen LogP contribution >= 0.6 is 0 Å². The SMILES string of the molecule is CCCCCN(C)C1CCCC(C#N)(NCC)C1. The van der Waals surface area contributed by atoms with Gasteiger partial charge in [0.05, 0.1) is 6.07 Å². The summed E-state index contributed by atoms with van der Waals surface area (Å²) in [5.41, 5.74) is -0.267. The summed E-state index contributed by atoms with van der Waals surface area (Å²) in [6, 6.07) is 3.11. The quantitative estimate of drug-likeness (QED) is 0.707. The second-order valence-electron chi connectivity index (χ2n) is 5.66. The molecule has 0 amide bonds. The van der Waals surface area contributed by atoms with Crippen LogP contribution in [0.1, 0.15) is 58.8 Å². The smallest absolute Gasteiger partial charge is 0.108 e. The third-order valence-electron chi connectivity index (χ3n) is 4.19. The Bertz CT molecular complexity index is 267. The fraction of sp³-hybridized carbons (Fsp3) is 0.933. The van der Waals surface area contributed by atoms with Crippen molar-refractivity contribution < 1.29 is 0 Å². The molecule has 0 saturated heterocycles. The third kappa shape index (κ3) is 4.26. The Hall–Kier alpha value is -0.590. The van der Waals surface area contributed by atoms with Crippen LogP contribution in [0.2, 0.25) is 0 Å². The number of hydrogen-bond donors (Lipinski definition) is 1. The van der Waals surface area contributed by atoms with E-state index in [4.69, 9.17) is 0 Å². The summed E-state index contributed by atoms with van der Waals surface area (Å²) in [7, 11) is 2.22. The lowest BCUT2D eigenvalue weighted by Gasteiger charge is -2.40. The summed E-state index contributed by atoms with van der Waals surface area (Å²) in [6.45, 7) is 6.39. The predicted molar refractivity (Wildman–Crippen MR) is 76.4 cm³/mol. The van der Waals surface area contributed by atoms with Crippen molar-refractivity contribution in [1.82, 2.24) is 10.2 Å². The fourth-order valence-corrected chi connectivity index (χ4v) is 3.06. The Kier molecular flexibility index (Phi) is 6.67. The van der Waals surface area contributed by atoms with Crippen LogP contribution < -0.4 is 5.32 Å². The van der Waals surface area contributed by atoms with Crippen LogP contribution in [-0.4, -0.2) is 36.6 Å². The molecule has 1 aliphatic carbocycles. The van der Waals surface area contributed by atoms with Crippen molar-refractivity contribution in [3.8, 4) is 6.07 Å². The number of nitrogens with zero attached hydrogens (tertiary/aromatic N) is 2. The minimum atomic E-state index is -0.267. The molecule has 0 radical (unpaired) electrons. The highest BCUT2D eigenvalue weighted by Crippen LogP contribution is 2.30. The van der Waals surface area contributed by atoms with Gasteiger partial charge in [0.1, 0.15) is 5.54 Å². The van der Waals surface area contributed by atoms with Crippen molar-refractivity contribution in [2.45, 2.75) is 70.4 Å². The van der Waals surface area contributed by atoms with E-state index in [1.165, 1.54) is 38.6 Å². The van der Waals surface area contributed by atoms with E-state index in [1.807, 2.05) is 0 Å². The molecule has 0 heterocycles. The summed E-state index contributed by atoms with van der Waals surface area (Å²) in [5.74, 6) is 0. The Morgan fingerprint density at radius 1 is 1.39 bits per heavy atom. The first-order valence-corrected chi connectivity index (χ1v) is 7.54. The Morgan fingerprint density at radius 2 is 2.17 bits per heavy atom. The van der Waals surface area contributed by atoms with Crippen LogP contribution in [-0.2, 0) is 0 Å². The highest BCUT2D eigenvalue weighted by atomic mass is 15.1. The second kappa shape index (κ2) is 7.76. The molecule has 0 aromatic carbocycles. The molecule has 0 aromatic heterocycles. The lowest BCUT2D eigenvalue weighted by Crippen LogP contribution is -2.52. The molecule has 2 atom stereocenters. The van der Waals surface area contributed by atoms with Crippen molar-refractivity contribution in [1.29, 1.82) is 5.26 Å². The first-order chi connectivity index (χ1) is 8.67. The van der Waals surface area contributed by atoms with Crippen molar-refractivity contribution in [2.75, 3.05) is 20.1 Å². The zero-order chi connectivity index (χ0) is 13.4. The maximum atomic E-state index is 9.46.